The van der Waals surface area contributed by atoms with Crippen LogP contribution in [0.2, 0.25) is 0 Å². The molecule has 0 N–H and O–H groups in total. The number of halogens is 1. The van der Waals surface area contributed by atoms with Crippen molar-refractivity contribution in [3.63, 3.8) is 0 Å². The van der Waals surface area contributed by atoms with Crippen LogP contribution >= 0.6 is 11.8 Å². The van der Waals surface area contributed by atoms with Crippen LogP contribution < -0.4 is 4.74 Å². The molecule has 0 aliphatic carbocycles. The molecule has 0 bridgehead atoms. The summed E-state index contributed by atoms with van der Waals surface area (Å²) in [7, 11) is 1.44. The first-order chi connectivity index (χ1) is 12.2. The van der Waals surface area contributed by atoms with Crippen molar-refractivity contribution in [2.24, 2.45) is 0 Å². The molecule has 2 heterocycles. The molecule has 0 aliphatic heterocycles. The summed E-state index contributed by atoms with van der Waals surface area (Å²) >= 11 is 1.35. The van der Waals surface area contributed by atoms with E-state index < -0.39 is 0 Å². The smallest absolute Gasteiger partial charge is 0.277 e. The van der Waals surface area contributed by atoms with Gasteiger partial charge < -0.3 is 13.6 Å². The fourth-order valence-corrected chi connectivity index (χ4v) is 3.14. The molecule has 0 radical (unpaired) electrons. The molecular weight excluding hydrogens is 343 g/mol. The average molecular weight is 356 g/mol. The normalized spacial score (nSPS) is 11.1. The number of rotatable bonds is 5. The summed E-state index contributed by atoms with van der Waals surface area (Å²) in [6, 6.07) is 12.4. The SMILES string of the molecule is COc1ccc(CSc2nnc(-c3ccc4occc4c3)o2)cc1F. The maximum Gasteiger partial charge on any atom is 0.277 e. The standard InChI is InChI=1S/C18H13FN2O3S/c1-22-16-4-2-11(8-14(16)19)10-25-18-21-20-17(24-18)13-3-5-15-12(9-13)6-7-23-15/h2-9H,10H2,1H3. The highest BCUT2D eigenvalue weighted by Crippen LogP contribution is 2.29. The van der Waals surface area contributed by atoms with Gasteiger partial charge in [0, 0.05) is 16.7 Å². The Hall–Kier alpha value is -2.80. The predicted molar refractivity (Wildman–Crippen MR) is 92.0 cm³/mol. The van der Waals surface area contributed by atoms with Crippen molar-refractivity contribution in [3.8, 4) is 17.2 Å². The number of benzene rings is 2. The minimum Gasteiger partial charge on any atom is -0.494 e. The fraction of sp³-hybridized carbons (Fsp3) is 0.111. The molecule has 4 rings (SSSR count). The number of hydrogen-bond acceptors (Lipinski definition) is 6. The largest absolute Gasteiger partial charge is 0.494 e. The van der Waals surface area contributed by atoms with Crippen LogP contribution in [-0.4, -0.2) is 17.3 Å². The molecule has 2 aromatic heterocycles. The van der Waals surface area contributed by atoms with E-state index in [0.717, 1.165) is 22.1 Å². The topological polar surface area (TPSA) is 61.3 Å². The third kappa shape index (κ3) is 3.23. The number of ether oxygens (including phenoxy) is 1. The first-order valence-electron chi connectivity index (χ1n) is 7.49. The highest BCUT2D eigenvalue weighted by atomic mass is 32.2. The minimum absolute atomic E-state index is 0.225. The van der Waals surface area contributed by atoms with Crippen LogP contribution in [0.4, 0.5) is 4.39 Å². The summed E-state index contributed by atoms with van der Waals surface area (Å²) in [4.78, 5) is 0. The zero-order chi connectivity index (χ0) is 17.2. The van der Waals surface area contributed by atoms with Gasteiger partial charge in [0.1, 0.15) is 5.58 Å². The van der Waals surface area contributed by atoms with E-state index in [-0.39, 0.29) is 11.6 Å². The molecular formula is C18H13FN2O3S. The summed E-state index contributed by atoms with van der Waals surface area (Å²) < 4.78 is 29.6. The van der Waals surface area contributed by atoms with Crippen LogP contribution in [0.5, 0.6) is 5.75 Å². The highest BCUT2D eigenvalue weighted by Gasteiger charge is 2.11. The lowest BCUT2D eigenvalue weighted by Crippen LogP contribution is -1.90. The number of methoxy groups -OCH3 is 1. The highest BCUT2D eigenvalue weighted by molar-refractivity contribution is 7.98. The van der Waals surface area contributed by atoms with E-state index in [1.54, 1.807) is 18.4 Å². The van der Waals surface area contributed by atoms with E-state index in [9.17, 15) is 4.39 Å². The quantitative estimate of drug-likeness (QED) is 0.473. The second kappa shape index (κ2) is 6.60. The van der Waals surface area contributed by atoms with Gasteiger partial charge in [-0.3, -0.25) is 0 Å². The first-order valence-corrected chi connectivity index (χ1v) is 8.48. The Morgan fingerprint density at radius 3 is 2.88 bits per heavy atom. The minimum atomic E-state index is -0.389. The van der Waals surface area contributed by atoms with Crippen molar-refractivity contribution >= 4 is 22.7 Å². The molecule has 0 spiro atoms. The van der Waals surface area contributed by atoms with E-state index >= 15 is 0 Å². The Kier molecular flexibility index (Phi) is 4.15. The van der Waals surface area contributed by atoms with Crippen LogP contribution in [0, 0.1) is 5.82 Å². The molecule has 0 saturated carbocycles. The lowest BCUT2D eigenvalue weighted by molar-refractivity contribution is 0.386. The zero-order valence-electron chi connectivity index (χ0n) is 13.2. The summed E-state index contributed by atoms with van der Waals surface area (Å²) in [6.07, 6.45) is 1.64. The molecule has 4 aromatic rings. The van der Waals surface area contributed by atoms with Gasteiger partial charge in [0.05, 0.1) is 13.4 Å². The number of hydrogen-bond donors (Lipinski definition) is 0. The Balaban J connectivity index is 1.48. The van der Waals surface area contributed by atoms with Crippen LogP contribution in [0.1, 0.15) is 5.56 Å². The lowest BCUT2D eigenvalue weighted by Gasteiger charge is -2.03. The van der Waals surface area contributed by atoms with Crippen molar-refractivity contribution < 1.29 is 18.0 Å². The molecule has 5 nitrogen and oxygen atoms in total. The van der Waals surface area contributed by atoms with Gasteiger partial charge >= 0.3 is 0 Å². The lowest BCUT2D eigenvalue weighted by atomic mass is 10.1. The van der Waals surface area contributed by atoms with Crippen LogP contribution in [-0.2, 0) is 5.75 Å². The van der Waals surface area contributed by atoms with Gasteiger partial charge in [0.15, 0.2) is 11.6 Å². The summed E-state index contributed by atoms with van der Waals surface area (Å²) in [5.41, 5.74) is 2.44. The second-order valence-electron chi connectivity index (χ2n) is 5.30. The van der Waals surface area contributed by atoms with E-state index in [1.165, 1.54) is 24.9 Å². The molecule has 0 amide bonds. The number of furan rings is 1. The second-order valence-corrected chi connectivity index (χ2v) is 6.23. The van der Waals surface area contributed by atoms with Gasteiger partial charge in [0.25, 0.3) is 5.22 Å². The van der Waals surface area contributed by atoms with Crippen molar-refractivity contribution in [1.29, 1.82) is 0 Å². The molecule has 0 fully saturated rings. The number of thioether (sulfide) groups is 1. The van der Waals surface area contributed by atoms with E-state index in [0.29, 0.717) is 16.9 Å². The van der Waals surface area contributed by atoms with Crippen LogP contribution in [0.25, 0.3) is 22.4 Å². The van der Waals surface area contributed by atoms with Gasteiger partial charge in [-0.25, -0.2) is 4.39 Å². The Morgan fingerprint density at radius 1 is 1.12 bits per heavy atom. The molecule has 2 aromatic carbocycles. The van der Waals surface area contributed by atoms with Gasteiger partial charge in [-0.15, -0.1) is 10.2 Å². The van der Waals surface area contributed by atoms with E-state index in [1.807, 2.05) is 24.3 Å². The van der Waals surface area contributed by atoms with Crippen molar-refractivity contribution in [2.75, 3.05) is 7.11 Å². The zero-order valence-corrected chi connectivity index (χ0v) is 14.0. The number of nitrogens with zero attached hydrogens (tertiary/aromatic N) is 2. The predicted octanol–water partition coefficient (Wildman–Crippen LogP) is 4.92. The molecule has 0 saturated heterocycles. The van der Waals surface area contributed by atoms with Gasteiger partial charge in [-0.1, -0.05) is 17.8 Å². The van der Waals surface area contributed by atoms with Gasteiger partial charge in [-0.05, 0) is 42.0 Å². The molecule has 25 heavy (non-hydrogen) atoms. The van der Waals surface area contributed by atoms with Gasteiger partial charge in [0.2, 0.25) is 5.89 Å². The summed E-state index contributed by atoms with van der Waals surface area (Å²) in [5, 5.41) is 9.51. The molecule has 0 unspecified atom stereocenters. The molecule has 0 atom stereocenters. The maximum atomic E-state index is 13.7. The molecule has 126 valence electrons. The molecule has 0 aliphatic rings. The molecule has 7 heteroatoms. The third-order valence-electron chi connectivity index (χ3n) is 3.68. The third-order valence-corrected chi connectivity index (χ3v) is 4.57. The summed E-state index contributed by atoms with van der Waals surface area (Å²) in [5.74, 6) is 0.791. The average Bonchev–Trinajstić information content (AvgIpc) is 3.28. The Labute approximate surface area is 146 Å². The van der Waals surface area contributed by atoms with Crippen molar-refractivity contribution in [1.82, 2.24) is 10.2 Å². The first kappa shape index (κ1) is 15.7. The van der Waals surface area contributed by atoms with E-state index in [4.69, 9.17) is 13.6 Å². The monoisotopic (exact) mass is 356 g/mol. The maximum absolute atomic E-state index is 13.7. The Morgan fingerprint density at radius 2 is 2.04 bits per heavy atom. The van der Waals surface area contributed by atoms with Crippen molar-refractivity contribution in [2.45, 2.75) is 11.0 Å². The Bertz CT molecular complexity index is 1030. The summed E-state index contributed by atoms with van der Waals surface area (Å²) in [6.45, 7) is 0. The van der Waals surface area contributed by atoms with Gasteiger partial charge in [-0.2, -0.15) is 0 Å². The van der Waals surface area contributed by atoms with Crippen LogP contribution in [0.3, 0.4) is 0 Å². The number of aromatic nitrogens is 2. The van der Waals surface area contributed by atoms with Crippen LogP contribution in [0.15, 0.2) is 62.8 Å². The van der Waals surface area contributed by atoms with E-state index in [2.05, 4.69) is 10.2 Å². The number of fused-ring (bicyclic) bond motifs is 1. The van der Waals surface area contributed by atoms with Crippen molar-refractivity contribution in [3.05, 3.63) is 60.1 Å². The fourth-order valence-electron chi connectivity index (χ4n) is 2.43.